The van der Waals surface area contributed by atoms with Crippen LogP contribution in [-0.2, 0) is 22.6 Å². The van der Waals surface area contributed by atoms with E-state index in [9.17, 15) is 14.4 Å². The summed E-state index contributed by atoms with van der Waals surface area (Å²) >= 11 is 6.37. The number of benzene rings is 2. The van der Waals surface area contributed by atoms with Gasteiger partial charge in [-0.3, -0.25) is 9.36 Å². The lowest BCUT2D eigenvalue weighted by Crippen LogP contribution is -2.45. The van der Waals surface area contributed by atoms with Crippen LogP contribution in [0.15, 0.2) is 52.1 Å². The number of halogens is 1. The molecule has 1 aromatic heterocycles. The van der Waals surface area contributed by atoms with Gasteiger partial charge in [0.05, 0.1) is 37.3 Å². The summed E-state index contributed by atoms with van der Waals surface area (Å²) in [5.74, 6) is 0.781. The second-order valence-electron chi connectivity index (χ2n) is 9.23. The van der Waals surface area contributed by atoms with E-state index in [2.05, 4.69) is 10.3 Å². The highest BCUT2D eigenvalue weighted by molar-refractivity contribution is 6.32. The Balaban J connectivity index is 1.74. The van der Waals surface area contributed by atoms with Crippen LogP contribution in [0.3, 0.4) is 0 Å². The predicted molar refractivity (Wildman–Crippen MR) is 139 cm³/mol. The van der Waals surface area contributed by atoms with Crippen LogP contribution in [0.2, 0.25) is 5.02 Å². The fraction of sp³-hybridized carbons (Fsp3) is 0.385. The average molecular weight is 529 g/mol. The lowest BCUT2D eigenvalue weighted by atomic mass is 10.1. The number of anilines is 2. The Morgan fingerprint density at radius 3 is 2.38 bits per heavy atom. The third kappa shape index (κ3) is 5.80. The summed E-state index contributed by atoms with van der Waals surface area (Å²) in [6.07, 6.45) is 1.01. The van der Waals surface area contributed by atoms with Crippen molar-refractivity contribution in [3.05, 3.63) is 74.0 Å². The zero-order chi connectivity index (χ0) is 26.7. The topological polar surface area (TPSA) is 114 Å². The summed E-state index contributed by atoms with van der Waals surface area (Å²) in [7, 11) is 2.86. The average Bonchev–Trinajstić information content (AvgIpc) is 3.66. The molecule has 2 aromatic carbocycles. The first kappa shape index (κ1) is 26.3. The number of methoxy groups -OCH3 is 2. The number of carbonyl (C=O) groups is 1. The first-order valence-corrected chi connectivity index (χ1v) is 12.2. The van der Waals surface area contributed by atoms with Gasteiger partial charge in [0.25, 0.3) is 0 Å². The molecule has 1 aliphatic carbocycles. The molecule has 0 aliphatic heterocycles. The van der Waals surface area contributed by atoms with Crippen molar-refractivity contribution in [1.29, 1.82) is 0 Å². The van der Waals surface area contributed by atoms with E-state index in [0.717, 1.165) is 10.1 Å². The molecule has 10 nitrogen and oxygen atoms in total. The minimum atomic E-state index is -0.883. The third-order valence-corrected chi connectivity index (χ3v) is 6.43. The number of rotatable bonds is 10. The zero-order valence-corrected chi connectivity index (χ0v) is 21.9. The largest absolute Gasteiger partial charge is 0.497 e. The van der Waals surface area contributed by atoms with Gasteiger partial charge in [-0.25, -0.2) is 14.2 Å². The van der Waals surface area contributed by atoms with Crippen LogP contribution in [0.25, 0.3) is 0 Å². The number of nitrogens with zero attached hydrogens (tertiary/aromatic N) is 3. The summed E-state index contributed by atoms with van der Waals surface area (Å²) < 4.78 is 18.1. The zero-order valence-electron chi connectivity index (χ0n) is 21.1. The summed E-state index contributed by atoms with van der Waals surface area (Å²) in [4.78, 5) is 43.0. The molecule has 0 radical (unpaired) electrons. The molecule has 0 bridgehead atoms. The van der Waals surface area contributed by atoms with E-state index >= 15 is 0 Å². The summed E-state index contributed by atoms with van der Waals surface area (Å²) in [6, 6.07) is 12.2. The lowest BCUT2D eigenvalue weighted by molar-refractivity contribution is -0.147. The maximum absolute atomic E-state index is 13.6. The fourth-order valence-electron chi connectivity index (χ4n) is 3.97. The van der Waals surface area contributed by atoms with Crippen molar-refractivity contribution in [2.75, 3.05) is 19.5 Å². The standard InChI is InChI=1S/C26H29ClN4O6/c1-16(2)37-21-10-7-18(13-20(21)27)28-23-29-24(33)31(15-26(11-12-26)22(32)36-4)25(34)30(23)14-17-5-8-19(35-3)9-6-17/h5-10,13,16H,11-12,14-15H2,1-4H3,(H,28,29,33). The van der Waals surface area contributed by atoms with Gasteiger partial charge in [0.1, 0.15) is 11.5 Å². The summed E-state index contributed by atoms with van der Waals surface area (Å²) in [6.45, 7) is 3.81. The van der Waals surface area contributed by atoms with Crippen molar-refractivity contribution in [3.63, 3.8) is 0 Å². The summed E-state index contributed by atoms with van der Waals surface area (Å²) in [5, 5.41) is 3.41. The molecule has 0 atom stereocenters. The van der Waals surface area contributed by atoms with Crippen LogP contribution in [-0.4, -0.2) is 40.4 Å². The molecule has 1 fully saturated rings. The van der Waals surface area contributed by atoms with Crippen molar-refractivity contribution < 1.29 is 19.0 Å². The van der Waals surface area contributed by atoms with Gasteiger partial charge in [-0.1, -0.05) is 23.7 Å². The van der Waals surface area contributed by atoms with Crippen LogP contribution < -0.4 is 26.2 Å². The number of hydrogen-bond donors (Lipinski definition) is 1. The molecule has 1 heterocycles. The smallest absolute Gasteiger partial charge is 0.354 e. The Bertz CT molecular complexity index is 1410. The normalized spacial score (nSPS) is 13.8. The van der Waals surface area contributed by atoms with Crippen LogP contribution >= 0.6 is 11.6 Å². The van der Waals surface area contributed by atoms with E-state index < -0.39 is 22.8 Å². The minimum Gasteiger partial charge on any atom is -0.497 e. The number of carbonyl (C=O) groups excluding carboxylic acids is 1. The van der Waals surface area contributed by atoms with E-state index in [4.69, 9.17) is 25.8 Å². The van der Waals surface area contributed by atoms with Gasteiger partial charge >= 0.3 is 17.3 Å². The highest BCUT2D eigenvalue weighted by Crippen LogP contribution is 2.47. The molecule has 37 heavy (non-hydrogen) atoms. The Hall–Kier alpha value is -3.79. The Morgan fingerprint density at radius 2 is 1.81 bits per heavy atom. The van der Waals surface area contributed by atoms with Crippen LogP contribution in [0.1, 0.15) is 32.3 Å². The SMILES string of the molecule is COC(=O)C1(Cn2c(=O)nc(Nc3ccc(OC(C)C)c(Cl)c3)n(Cc3ccc(OC)cc3)c2=O)CC1. The van der Waals surface area contributed by atoms with E-state index in [1.807, 2.05) is 26.0 Å². The van der Waals surface area contributed by atoms with Crippen LogP contribution in [0.5, 0.6) is 11.5 Å². The highest BCUT2D eigenvalue weighted by atomic mass is 35.5. The lowest BCUT2D eigenvalue weighted by Gasteiger charge is -2.18. The van der Waals surface area contributed by atoms with Crippen LogP contribution in [0, 0.1) is 5.41 Å². The molecule has 0 spiro atoms. The van der Waals surface area contributed by atoms with Gasteiger partial charge in [0.15, 0.2) is 0 Å². The van der Waals surface area contributed by atoms with Crippen LogP contribution in [0.4, 0.5) is 11.6 Å². The molecule has 0 amide bonds. The summed E-state index contributed by atoms with van der Waals surface area (Å²) in [5.41, 5.74) is -0.946. The van der Waals surface area contributed by atoms with Crippen molar-refractivity contribution in [2.45, 2.75) is 45.9 Å². The van der Waals surface area contributed by atoms with Crippen molar-refractivity contribution in [1.82, 2.24) is 14.1 Å². The van der Waals surface area contributed by atoms with Gasteiger partial charge in [-0.15, -0.1) is 0 Å². The van der Waals surface area contributed by atoms with Crippen molar-refractivity contribution in [3.8, 4) is 11.5 Å². The monoisotopic (exact) mass is 528 g/mol. The number of hydrogen-bond acceptors (Lipinski definition) is 8. The molecule has 0 unspecified atom stereocenters. The Morgan fingerprint density at radius 1 is 1.11 bits per heavy atom. The number of nitrogens with one attached hydrogen (secondary N) is 1. The molecular weight excluding hydrogens is 500 g/mol. The van der Waals surface area contributed by atoms with Gasteiger partial charge in [-0.05, 0) is 62.6 Å². The maximum atomic E-state index is 13.6. The first-order chi connectivity index (χ1) is 17.7. The number of esters is 1. The number of aromatic nitrogens is 3. The molecule has 1 saturated carbocycles. The van der Waals surface area contributed by atoms with Gasteiger partial charge in [-0.2, -0.15) is 4.98 Å². The highest BCUT2D eigenvalue weighted by Gasteiger charge is 2.52. The molecular formula is C26H29ClN4O6. The van der Waals surface area contributed by atoms with E-state index in [1.165, 1.54) is 11.7 Å². The Labute approximate surface area is 218 Å². The van der Waals surface area contributed by atoms with Crippen molar-refractivity contribution >= 4 is 29.2 Å². The van der Waals surface area contributed by atoms with Gasteiger partial charge in [0.2, 0.25) is 5.95 Å². The van der Waals surface area contributed by atoms with E-state index in [1.54, 1.807) is 37.4 Å². The maximum Gasteiger partial charge on any atom is 0.354 e. The van der Waals surface area contributed by atoms with Gasteiger partial charge < -0.3 is 19.5 Å². The molecule has 0 saturated heterocycles. The number of ether oxygens (including phenoxy) is 3. The first-order valence-electron chi connectivity index (χ1n) is 11.8. The minimum absolute atomic E-state index is 0.0403. The molecule has 1 aliphatic rings. The molecule has 4 rings (SSSR count). The molecule has 196 valence electrons. The van der Waals surface area contributed by atoms with E-state index in [-0.39, 0.29) is 25.1 Å². The predicted octanol–water partition coefficient (Wildman–Crippen LogP) is 3.60. The fourth-order valence-corrected chi connectivity index (χ4v) is 4.20. The molecule has 11 heteroatoms. The van der Waals surface area contributed by atoms with E-state index in [0.29, 0.717) is 35.1 Å². The second kappa shape index (κ2) is 10.7. The molecule has 3 aromatic rings. The van der Waals surface area contributed by atoms with Gasteiger partial charge in [0, 0.05) is 12.2 Å². The molecule has 1 N–H and O–H groups in total. The Kier molecular flexibility index (Phi) is 7.58. The van der Waals surface area contributed by atoms with Crippen molar-refractivity contribution in [2.24, 2.45) is 5.41 Å². The quantitative estimate of drug-likeness (QED) is 0.397. The third-order valence-electron chi connectivity index (χ3n) is 6.13. The second-order valence-corrected chi connectivity index (χ2v) is 9.64.